The Morgan fingerprint density at radius 1 is 1.56 bits per heavy atom. The maximum absolute atomic E-state index is 5.83. The predicted molar refractivity (Wildman–Crippen MR) is 62.2 cm³/mol. The van der Waals surface area contributed by atoms with Crippen molar-refractivity contribution in [1.29, 1.82) is 0 Å². The molecule has 0 amide bonds. The lowest BCUT2D eigenvalue weighted by atomic mass is 10.0. The van der Waals surface area contributed by atoms with Crippen LogP contribution in [0.5, 0.6) is 0 Å². The zero-order valence-corrected chi connectivity index (χ0v) is 10.2. The fourth-order valence-electron chi connectivity index (χ4n) is 2.32. The van der Waals surface area contributed by atoms with Crippen molar-refractivity contribution in [2.24, 2.45) is 7.05 Å². The number of rotatable bonds is 3. The number of hydrogen-bond donors (Lipinski definition) is 1. The van der Waals surface area contributed by atoms with Gasteiger partial charge in [-0.05, 0) is 20.2 Å². The monoisotopic (exact) mass is 224 g/mol. The van der Waals surface area contributed by atoms with Gasteiger partial charge in [-0.2, -0.15) is 5.10 Å². The molecule has 2 rings (SSSR count). The topological polar surface area (TPSA) is 42.3 Å². The minimum atomic E-state index is 0.194. The molecule has 0 aliphatic carbocycles. The van der Waals surface area contributed by atoms with Crippen molar-refractivity contribution in [3.8, 4) is 0 Å². The highest BCUT2D eigenvalue weighted by Gasteiger charge is 2.32. The summed E-state index contributed by atoms with van der Waals surface area (Å²) in [6, 6.07) is 2.35. The van der Waals surface area contributed by atoms with Gasteiger partial charge in [-0.3, -0.25) is 9.58 Å². The highest BCUT2D eigenvalue weighted by atomic mass is 16.5. The smallest absolute Gasteiger partial charge is 0.0911 e. The first-order valence-corrected chi connectivity index (χ1v) is 5.68. The van der Waals surface area contributed by atoms with Gasteiger partial charge in [0.1, 0.15) is 0 Å². The second-order valence-electron chi connectivity index (χ2n) is 4.27. The third-order valence-corrected chi connectivity index (χ3v) is 3.17. The zero-order valence-electron chi connectivity index (χ0n) is 10.2. The van der Waals surface area contributed by atoms with Crippen LogP contribution in [0.2, 0.25) is 0 Å². The van der Waals surface area contributed by atoms with Crippen LogP contribution in [0.4, 0.5) is 0 Å². The minimum Gasteiger partial charge on any atom is -0.374 e. The third-order valence-electron chi connectivity index (χ3n) is 3.17. The molecular weight excluding hydrogens is 204 g/mol. The van der Waals surface area contributed by atoms with Gasteiger partial charge in [-0.1, -0.05) is 0 Å². The Hall–Kier alpha value is -0.910. The molecule has 0 radical (unpaired) electrons. The molecule has 1 aliphatic rings. The predicted octanol–water partition coefficient (Wildman–Crippen LogP) is 0.0112. The molecule has 5 heteroatoms. The number of aromatic nitrogens is 2. The van der Waals surface area contributed by atoms with E-state index in [1.165, 1.54) is 5.69 Å². The average molecular weight is 224 g/mol. The van der Waals surface area contributed by atoms with Crippen LogP contribution in [0.3, 0.4) is 0 Å². The van der Waals surface area contributed by atoms with Crippen LogP contribution in [-0.2, 0) is 11.8 Å². The summed E-state index contributed by atoms with van der Waals surface area (Å²) in [5, 5.41) is 7.42. The molecule has 0 aromatic carbocycles. The van der Waals surface area contributed by atoms with Gasteiger partial charge in [-0.15, -0.1) is 0 Å². The Labute approximate surface area is 96.4 Å². The van der Waals surface area contributed by atoms with Gasteiger partial charge in [0.15, 0.2) is 0 Å². The number of ether oxygens (including phenoxy) is 1. The van der Waals surface area contributed by atoms with E-state index in [9.17, 15) is 0 Å². The lowest BCUT2D eigenvalue weighted by Gasteiger charge is -2.39. The van der Waals surface area contributed by atoms with E-state index in [2.05, 4.69) is 28.4 Å². The summed E-state index contributed by atoms with van der Waals surface area (Å²) in [6.45, 7) is 2.63. The lowest BCUT2D eigenvalue weighted by Crippen LogP contribution is -2.47. The van der Waals surface area contributed by atoms with Crippen molar-refractivity contribution in [2.75, 3.05) is 33.8 Å². The molecule has 2 unspecified atom stereocenters. The van der Waals surface area contributed by atoms with Gasteiger partial charge < -0.3 is 10.1 Å². The van der Waals surface area contributed by atoms with Crippen molar-refractivity contribution in [2.45, 2.75) is 12.1 Å². The van der Waals surface area contributed by atoms with Crippen LogP contribution in [0, 0.1) is 0 Å². The molecule has 16 heavy (non-hydrogen) atoms. The Morgan fingerprint density at radius 3 is 3.00 bits per heavy atom. The van der Waals surface area contributed by atoms with E-state index in [0.29, 0.717) is 0 Å². The van der Waals surface area contributed by atoms with Crippen LogP contribution in [-0.4, -0.2) is 54.6 Å². The van der Waals surface area contributed by atoms with Crippen LogP contribution >= 0.6 is 0 Å². The van der Waals surface area contributed by atoms with Crippen molar-refractivity contribution >= 4 is 0 Å². The molecule has 5 nitrogen and oxygen atoms in total. The summed E-state index contributed by atoms with van der Waals surface area (Å²) >= 11 is 0. The Kier molecular flexibility index (Phi) is 3.58. The van der Waals surface area contributed by atoms with Crippen molar-refractivity contribution in [3.63, 3.8) is 0 Å². The highest BCUT2D eigenvalue weighted by Crippen LogP contribution is 2.27. The van der Waals surface area contributed by atoms with Crippen LogP contribution < -0.4 is 5.32 Å². The first kappa shape index (κ1) is 11.6. The lowest BCUT2D eigenvalue weighted by molar-refractivity contribution is -0.0630. The largest absolute Gasteiger partial charge is 0.374 e. The molecule has 0 saturated carbocycles. The number of aryl methyl sites for hydroxylation is 1. The first-order chi connectivity index (χ1) is 7.74. The second kappa shape index (κ2) is 4.95. The summed E-state index contributed by atoms with van der Waals surface area (Å²) in [6.07, 6.45) is 2.04. The van der Waals surface area contributed by atoms with Gasteiger partial charge in [0, 0.05) is 26.3 Å². The SMILES string of the molecule is CNCC1OCCN(C)C1c1ccnn1C. The maximum atomic E-state index is 5.83. The van der Waals surface area contributed by atoms with Gasteiger partial charge in [0.25, 0.3) is 0 Å². The Balaban J connectivity index is 2.22. The van der Waals surface area contributed by atoms with Crippen LogP contribution in [0.25, 0.3) is 0 Å². The third kappa shape index (κ3) is 2.11. The number of morpholine rings is 1. The van der Waals surface area contributed by atoms with Gasteiger partial charge in [0.05, 0.1) is 24.4 Å². The van der Waals surface area contributed by atoms with Gasteiger partial charge >= 0.3 is 0 Å². The maximum Gasteiger partial charge on any atom is 0.0911 e. The number of nitrogens with zero attached hydrogens (tertiary/aromatic N) is 3. The van der Waals surface area contributed by atoms with E-state index in [4.69, 9.17) is 4.74 Å². The Bertz CT molecular complexity index is 336. The molecule has 2 heterocycles. The molecule has 1 aromatic rings. The van der Waals surface area contributed by atoms with Gasteiger partial charge in [0.2, 0.25) is 0 Å². The number of likely N-dealkylation sites (N-methyl/N-ethyl adjacent to an activating group) is 2. The van der Waals surface area contributed by atoms with Crippen molar-refractivity contribution < 1.29 is 4.74 Å². The summed E-state index contributed by atoms with van der Waals surface area (Å²) in [5.74, 6) is 0. The molecule has 1 aliphatic heterocycles. The standard InChI is InChI=1S/C11H20N4O/c1-12-8-10-11(14(2)6-7-16-10)9-4-5-13-15(9)3/h4-5,10-12H,6-8H2,1-3H3. The van der Waals surface area contributed by atoms with Crippen LogP contribution in [0.1, 0.15) is 11.7 Å². The highest BCUT2D eigenvalue weighted by molar-refractivity contribution is 5.10. The molecule has 0 spiro atoms. The van der Waals surface area contributed by atoms with E-state index in [0.717, 1.165) is 19.7 Å². The molecule has 90 valence electrons. The number of hydrogen-bond acceptors (Lipinski definition) is 4. The van der Waals surface area contributed by atoms with E-state index in [1.807, 2.05) is 25.0 Å². The normalized spacial score (nSPS) is 27.2. The molecule has 1 saturated heterocycles. The Morgan fingerprint density at radius 2 is 2.38 bits per heavy atom. The minimum absolute atomic E-state index is 0.194. The van der Waals surface area contributed by atoms with E-state index >= 15 is 0 Å². The van der Waals surface area contributed by atoms with Crippen LogP contribution in [0.15, 0.2) is 12.3 Å². The molecule has 2 atom stereocenters. The fourth-order valence-corrected chi connectivity index (χ4v) is 2.32. The molecule has 1 fully saturated rings. The summed E-state index contributed by atoms with van der Waals surface area (Å²) in [4.78, 5) is 2.34. The summed E-state index contributed by atoms with van der Waals surface area (Å²) in [7, 11) is 6.08. The van der Waals surface area contributed by atoms with Crippen molar-refractivity contribution in [1.82, 2.24) is 20.0 Å². The average Bonchev–Trinajstić information content (AvgIpc) is 2.65. The second-order valence-corrected chi connectivity index (χ2v) is 4.27. The van der Waals surface area contributed by atoms with Crippen molar-refractivity contribution in [3.05, 3.63) is 18.0 Å². The summed E-state index contributed by atoms with van der Waals surface area (Å²) in [5.41, 5.74) is 1.21. The summed E-state index contributed by atoms with van der Waals surface area (Å²) < 4.78 is 7.76. The van der Waals surface area contributed by atoms with E-state index < -0.39 is 0 Å². The molecule has 1 N–H and O–H groups in total. The molecular formula is C11H20N4O. The van der Waals surface area contributed by atoms with E-state index in [-0.39, 0.29) is 12.1 Å². The molecule has 0 bridgehead atoms. The first-order valence-electron chi connectivity index (χ1n) is 5.68. The quantitative estimate of drug-likeness (QED) is 0.785. The fraction of sp³-hybridized carbons (Fsp3) is 0.727. The zero-order chi connectivity index (χ0) is 11.5. The molecule has 1 aromatic heterocycles. The van der Waals surface area contributed by atoms with E-state index in [1.54, 1.807) is 0 Å². The van der Waals surface area contributed by atoms with Gasteiger partial charge in [-0.25, -0.2) is 0 Å². The number of nitrogens with one attached hydrogen (secondary N) is 1.